The molecule has 0 radical (unpaired) electrons. The minimum absolute atomic E-state index is 0.121. The largest absolute Gasteiger partial charge is 0.353 e. The van der Waals surface area contributed by atoms with Crippen LogP contribution < -0.4 is 10.6 Å². The summed E-state index contributed by atoms with van der Waals surface area (Å²) in [5, 5.41) is 12.1. The molecule has 2 heterocycles. The molecule has 2 saturated carbocycles. The zero-order valence-corrected chi connectivity index (χ0v) is 25.3. The highest BCUT2D eigenvalue weighted by molar-refractivity contribution is 6.30. The normalized spacial score (nSPS) is 24.1. The minimum Gasteiger partial charge on any atom is -0.353 e. The number of hydrogen-bond donors (Lipinski definition) is 2. The molecule has 2 aromatic rings. The second-order valence-corrected chi connectivity index (χ2v) is 13.1. The number of nitrogens with zero attached hydrogens (tertiary/aromatic N) is 4. The van der Waals surface area contributed by atoms with Gasteiger partial charge in [0.1, 0.15) is 12.7 Å². The maximum atomic E-state index is 14.1. The lowest BCUT2D eigenvalue weighted by Crippen LogP contribution is -2.56. The van der Waals surface area contributed by atoms with Gasteiger partial charge in [-0.15, -0.1) is 0 Å². The molecule has 2 N–H and O–H groups in total. The van der Waals surface area contributed by atoms with Crippen LogP contribution in [-0.2, 0) is 22.6 Å². The summed E-state index contributed by atoms with van der Waals surface area (Å²) in [6.45, 7) is 4.37. The SMILES string of the molecule is CCC(=O)NC1CCC(N[C@H](Cc2ccc(Cl)cc2)C(=O)N2CCC(Cn3cncn3)(C3CCCCC3)CC2)CC1. The number of halogens is 1. The Morgan fingerprint density at radius 2 is 1.68 bits per heavy atom. The number of amides is 2. The van der Waals surface area contributed by atoms with E-state index in [1.807, 2.05) is 42.2 Å². The molecule has 0 bridgehead atoms. The van der Waals surface area contributed by atoms with Crippen molar-refractivity contribution in [3.63, 3.8) is 0 Å². The Morgan fingerprint density at radius 3 is 2.32 bits per heavy atom. The van der Waals surface area contributed by atoms with E-state index in [1.54, 1.807) is 6.33 Å². The lowest BCUT2D eigenvalue weighted by Gasteiger charge is -2.48. The smallest absolute Gasteiger partial charge is 0.240 e. The van der Waals surface area contributed by atoms with E-state index >= 15 is 0 Å². The first-order chi connectivity index (χ1) is 19.9. The van der Waals surface area contributed by atoms with Crippen LogP contribution in [0.2, 0.25) is 5.02 Å². The summed E-state index contributed by atoms with van der Waals surface area (Å²) in [7, 11) is 0. The molecule has 3 fully saturated rings. The van der Waals surface area contributed by atoms with Crippen molar-refractivity contribution in [2.24, 2.45) is 11.3 Å². The molecular formula is C32H47ClN6O2. The predicted octanol–water partition coefficient (Wildman–Crippen LogP) is 5.16. The van der Waals surface area contributed by atoms with Gasteiger partial charge in [0.15, 0.2) is 0 Å². The molecule has 1 aromatic heterocycles. The van der Waals surface area contributed by atoms with Crippen molar-refractivity contribution in [1.29, 1.82) is 0 Å². The monoisotopic (exact) mass is 582 g/mol. The zero-order valence-electron chi connectivity index (χ0n) is 24.6. The third-order valence-corrected chi connectivity index (χ3v) is 10.2. The first-order valence-electron chi connectivity index (χ1n) is 15.8. The van der Waals surface area contributed by atoms with Crippen LogP contribution in [0.5, 0.6) is 0 Å². The lowest BCUT2D eigenvalue weighted by molar-refractivity contribution is -0.137. The van der Waals surface area contributed by atoms with Gasteiger partial charge in [-0.1, -0.05) is 49.9 Å². The third kappa shape index (κ3) is 7.89. The average Bonchev–Trinajstić information content (AvgIpc) is 3.52. The Labute approximate surface area is 250 Å². The van der Waals surface area contributed by atoms with Crippen molar-refractivity contribution in [3.8, 4) is 0 Å². The van der Waals surface area contributed by atoms with Crippen molar-refractivity contribution in [2.45, 2.75) is 115 Å². The van der Waals surface area contributed by atoms with Crippen molar-refractivity contribution in [1.82, 2.24) is 30.3 Å². The van der Waals surface area contributed by atoms with Crippen LogP contribution in [0.15, 0.2) is 36.9 Å². The summed E-state index contributed by atoms with van der Waals surface area (Å²) in [4.78, 5) is 32.3. The number of carbonyl (C=O) groups excluding carboxylic acids is 2. The van der Waals surface area contributed by atoms with E-state index in [-0.39, 0.29) is 35.4 Å². The van der Waals surface area contributed by atoms with E-state index in [1.165, 1.54) is 32.1 Å². The predicted molar refractivity (Wildman–Crippen MR) is 161 cm³/mol. The van der Waals surface area contributed by atoms with E-state index in [9.17, 15) is 9.59 Å². The molecule has 9 heteroatoms. The van der Waals surface area contributed by atoms with Crippen molar-refractivity contribution < 1.29 is 9.59 Å². The third-order valence-electron chi connectivity index (χ3n) is 9.99. The molecule has 8 nitrogen and oxygen atoms in total. The molecule has 0 spiro atoms. The van der Waals surface area contributed by atoms with E-state index in [0.29, 0.717) is 23.8 Å². The van der Waals surface area contributed by atoms with Gasteiger partial charge in [-0.2, -0.15) is 5.10 Å². The summed E-state index contributed by atoms with van der Waals surface area (Å²) in [6, 6.07) is 8.11. The van der Waals surface area contributed by atoms with Gasteiger partial charge >= 0.3 is 0 Å². The molecule has 1 saturated heterocycles. The van der Waals surface area contributed by atoms with Crippen molar-refractivity contribution in [3.05, 3.63) is 47.5 Å². The average molecular weight is 583 g/mol. The van der Waals surface area contributed by atoms with Gasteiger partial charge in [-0.25, -0.2) is 4.98 Å². The summed E-state index contributed by atoms with van der Waals surface area (Å²) in [5.41, 5.74) is 1.29. The molecule has 2 aliphatic carbocycles. The maximum Gasteiger partial charge on any atom is 0.240 e. The number of likely N-dealkylation sites (tertiary alicyclic amines) is 1. The van der Waals surface area contributed by atoms with Gasteiger partial charge in [-0.3, -0.25) is 14.3 Å². The Morgan fingerprint density at radius 1 is 1.00 bits per heavy atom. The highest BCUT2D eigenvalue weighted by atomic mass is 35.5. The first kappa shape index (κ1) is 30.0. The summed E-state index contributed by atoms with van der Waals surface area (Å²) in [6.07, 6.45) is 17.0. The molecule has 224 valence electrons. The highest BCUT2D eigenvalue weighted by Gasteiger charge is 2.44. The highest BCUT2D eigenvalue weighted by Crippen LogP contribution is 2.47. The summed E-state index contributed by atoms with van der Waals surface area (Å²) in [5.74, 6) is 1.01. The Balaban J connectivity index is 1.25. The van der Waals surface area contributed by atoms with Crippen LogP contribution in [0.1, 0.15) is 89.5 Å². The second kappa shape index (κ2) is 14.1. The second-order valence-electron chi connectivity index (χ2n) is 12.6. The maximum absolute atomic E-state index is 14.1. The van der Waals surface area contributed by atoms with Gasteiger partial charge < -0.3 is 15.5 Å². The van der Waals surface area contributed by atoms with Crippen LogP contribution in [0.4, 0.5) is 0 Å². The minimum atomic E-state index is -0.277. The van der Waals surface area contributed by atoms with E-state index < -0.39 is 0 Å². The van der Waals surface area contributed by atoms with Gasteiger partial charge in [0, 0.05) is 43.2 Å². The fourth-order valence-corrected chi connectivity index (χ4v) is 7.66. The van der Waals surface area contributed by atoms with Crippen molar-refractivity contribution >= 4 is 23.4 Å². The van der Waals surface area contributed by atoms with E-state index in [4.69, 9.17) is 11.6 Å². The van der Waals surface area contributed by atoms with Crippen LogP contribution in [0.25, 0.3) is 0 Å². The number of benzene rings is 1. The first-order valence-corrected chi connectivity index (χ1v) is 16.2. The van der Waals surface area contributed by atoms with Crippen LogP contribution >= 0.6 is 11.6 Å². The number of carbonyl (C=O) groups is 2. The van der Waals surface area contributed by atoms with Gasteiger partial charge in [0.05, 0.1) is 6.04 Å². The van der Waals surface area contributed by atoms with Crippen LogP contribution in [0.3, 0.4) is 0 Å². The standard InChI is InChI=1S/C32H47ClN6O2/c1-2-30(40)37-28-14-12-27(13-15-28)36-29(20-24-8-10-26(33)11-9-24)31(41)38-18-16-32(17-19-38,21-39-23-34-22-35-39)25-6-4-3-5-7-25/h8-11,22-23,25,27-29,36H,2-7,12-21H2,1H3,(H,37,40)/t27?,28?,29-/m1/s1. The Kier molecular flexibility index (Phi) is 10.4. The van der Waals surface area contributed by atoms with Gasteiger partial charge in [-0.05, 0) is 86.8 Å². The quantitative estimate of drug-likeness (QED) is 0.404. The Hall–Kier alpha value is -2.45. The number of aromatic nitrogens is 3. The van der Waals surface area contributed by atoms with Crippen LogP contribution in [0, 0.1) is 11.3 Å². The fourth-order valence-electron chi connectivity index (χ4n) is 7.53. The summed E-state index contributed by atoms with van der Waals surface area (Å²) >= 11 is 6.16. The van der Waals surface area contributed by atoms with Gasteiger partial charge in [0.25, 0.3) is 0 Å². The van der Waals surface area contributed by atoms with E-state index in [2.05, 4.69) is 25.6 Å². The Bertz CT molecular complexity index is 1100. The van der Waals surface area contributed by atoms with Crippen LogP contribution in [-0.4, -0.2) is 62.7 Å². The number of nitrogens with one attached hydrogen (secondary N) is 2. The molecule has 1 atom stereocenters. The van der Waals surface area contributed by atoms with E-state index in [0.717, 1.165) is 63.7 Å². The topological polar surface area (TPSA) is 92.2 Å². The molecule has 1 aliphatic heterocycles. The molecule has 3 aliphatic rings. The summed E-state index contributed by atoms with van der Waals surface area (Å²) < 4.78 is 2.01. The molecule has 41 heavy (non-hydrogen) atoms. The molecular weight excluding hydrogens is 536 g/mol. The lowest BCUT2D eigenvalue weighted by atomic mass is 9.63. The van der Waals surface area contributed by atoms with Crippen molar-refractivity contribution in [2.75, 3.05) is 13.1 Å². The number of hydrogen-bond acceptors (Lipinski definition) is 5. The van der Waals surface area contributed by atoms with Gasteiger partial charge in [0.2, 0.25) is 11.8 Å². The molecule has 0 unspecified atom stereocenters. The molecule has 1 aromatic carbocycles. The fraction of sp³-hybridized carbons (Fsp3) is 0.688. The number of rotatable bonds is 10. The molecule has 5 rings (SSSR count). The molecule has 2 amide bonds. The number of piperidine rings is 1. The zero-order chi connectivity index (χ0) is 28.7.